The molecule has 3 heterocycles. The van der Waals surface area contributed by atoms with Gasteiger partial charge in [0.1, 0.15) is 31.0 Å². The van der Waals surface area contributed by atoms with Crippen LogP contribution in [0.3, 0.4) is 0 Å². The third-order valence-corrected chi connectivity index (χ3v) is 9.53. The first-order chi connectivity index (χ1) is 18.0. The minimum absolute atomic E-state index is 0.0722. The molecular weight excluding hydrogens is 492 g/mol. The van der Waals surface area contributed by atoms with Gasteiger partial charge in [0.2, 0.25) is 0 Å². The zero-order chi connectivity index (χ0) is 27.3. The molecule has 5 aliphatic rings. The molecule has 2 saturated heterocycles. The van der Waals surface area contributed by atoms with Crippen molar-refractivity contribution in [1.29, 1.82) is 0 Å². The van der Waals surface area contributed by atoms with Crippen LogP contribution in [0, 0.1) is 16.7 Å². The summed E-state index contributed by atoms with van der Waals surface area (Å²) in [6.45, 7) is 7.69. The van der Waals surface area contributed by atoms with E-state index in [-0.39, 0.29) is 37.6 Å². The van der Waals surface area contributed by atoms with Crippen molar-refractivity contribution < 1.29 is 43.2 Å². The minimum Gasteiger partial charge on any atom is -0.465 e. The van der Waals surface area contributed by atoms with Gasteiger partial charge in [-0.3, -0.25) is 9.59 Å². The van der Waals surface area contributed by atoms with Crippen molar-refractivity contribution in [2.24, 2.45) is 16.7 Å². The van der Waals surface area contributed by atoms with Gasteiger partial charge in [0.05, 0.1) is 36.8 Å². The zero-order valence-corrected chi connectivity index (χ0v) is 22.5. The number of carbonyl (C=O) groups excluding carboxylic acids is 3. The molecule has 2 spiro atoms. The van der Waals surface area contributed by atoms with Crippen LogP contribution >= 0.6 is 0 Å². The Morgan fingerprint density at radius 3 is 2.61 bits per heavy atom. The third kappa shape index (κ3) is 4.37. The van der Waals surface area contributed by atoms with Gasteiger partial charge < -0.3 is 28.8 Å². The average molecular weight is 531 g/mol. The van der Waals surface area contributed by atoms with Crippen LogP contribution in [-0.2, 0) is 38.1 Å². The summed E-state index contributed by atoms with van der Waals surface area (Å²) in [7, 11) is 0. The SMILES string of the molecule is CC1=CC2OC3CC4OC(=O)C=CC=CC(C(C)O)OCC(=O)C(C)CC(=O)OCC2(CC1)C4(C)C31CO1. The van der Waals surface area contributed by atoms with E-state index in [1.54, 1.807) is 26.0 Å². The fourth-order valence-electron chi connectivity index (χ4n) is 6.93. The standard InChI is InChI=1S/C29H38O9/c1-17-9-10-28-15-35-26(33)12-18(2)20(31)14-34-21(19(3)30)7-5-6-8-25(32)38-22-13-24(37-23(28)11-17)29(16-36-29)27(22,28)4/h5-8,11,18-19,21-24,30H,9-10,12-16H2,1-4H3. The number of rotatable bonds is 1. The lowest BCUT2D eigenvalue weighted by Crippen LogP contribution is -2.66. The monoisotopic (exact) mass is 530 g/mol. The Hall–Kier alpha value is -2.33. The lowest BCUT2D eigenvalue weighted by atomic mass is 9.51. The number of esters is 2. The summed E-state index contributed by atoms with van der Waals surface area (Å²) in [5.74, 6) is -1.85. The second kappa shape index (κ2) is 10.0. The van der Waals surface area contributed by atoms with Gasteiger partial charge in [0.25, 0.3) is 0 Å². The first kappa shape index (κ1) is 27.2. The molecule has 0 aromatic carbocycles. The molecule has 0 aromatic rings. The molecule has 2 bridgehead atoms. The molecule has 9 atom stereocenters. The van der Waals surface area contributed by atoms with Gasteiger partial charge >= 0.3 is 11.9 Å². The predicted octanol–water partition coefficient (Wildman–Crippen LogP) is 2.60. The summed E-state index contributed by atoms with van der Waals surface area (Å²) in [5.41, 5.74) is -0.704. The number of allylic oxidation sites excluding steroid dienone is 3. The number of cyclic esters (lactones) is 1. The topological polar surface area (TPSA) is 121 Å². The number of ketones is 1. The van der Waals surface area contributed by atoms with Crippen molar-refractivity contribution in [2.45, 2.75) is 89.5 Å². The molecular formula is C29H38O9. The molecule has 3 fully saturated rings. The van der Waals surface area contributed by atoms with Crippen molar-refractivity contribution in [1.82, 2.24) is 0 Å². The molecule has 0 aromatic heterocycles. The van der Waals surface area contributed by atoms with E-state index in [4.69, 9.17) is 23.7 Å². The first-order valence-corrected chi connectivity index (χ1v) is 13.5. The van der Waals surface area contributed by atoms with Gasteiger partial charge in [-0.2, -0.15) is 0 Å². The number of epoxide rings is 1. The highest BCUT2D eigenvalue weighted by molar-refractivity contribution is 5.86. The fraction of sp³-hybridized carbons (Fsp3) is 0.690. The largest absolute Gasteiger partial charge is 0.465 e. The molecule has 208 valence electrons. The highest BCUT2D eigenvalue weighted by Gasteiger charge is 2.83. The van der Waals surface area contributed by atoms with Crippen LogP contribution in [0.5, 0.6) is 0 Å². The molecule has 9 heteroatoms. The minimum atomic E-state index is -0.880. The van der Waals surface area contributed by atoms with E-state index in [1.165, 1.54) is 17.7 Å². The Kier molecular flexibility index (Phi) is 7.18. The summed E-state index contributed by atoms with van der Waals surface area (Å²) >= 11 is 0. The summed E-state index contributed by atoms with van der Waals surface area (Å²) in [6, 6.07) is 0. The Bertz CT molecular complexity index is 1070. The van der Waals surface area contributed by atoms with Crippen LogP contribution in [0.4, 0.5) is 0 Å². The van der Waals surface area contributed by atoms with Crippen LogP contribution in [0.25, 0.3) is 0 Å². The Balaban J connectivity index is 1.50. The molecule has 1 N–H and O–H groups in total. The van der Waals surface area contributed by atoms with Gasteiger partial charge in [-0.1, -0.05) is 43.7 Å². The van der Waals surface area contributed by atoms with Crippen molar-refractivity contribution in [3.05, 3.63) is 36.0 Å². The molecule has 2 aliphatic carbocycles. The van der Waals surface area contributed by atoms with Gasteiger partial charge in [-0.25, -0.2) is 4.79 Å². The van der Waals surface area contributed by atoms with Crippen molar-refractivity contribution in [3.63, 3.8) is 0 Å². The van der Waals surface area contributed by atoms with Crippen LogP contribution in [0.15, 0.2) is 36.0 Å². The van der Waals surface area contributed by atoms with Crippen molar-refractivity contribution in [3.8, 4) is 0 Å². The van der Waals surface area contributed by atoms with Gasteiger partial charge in [0, 0.05) is 23.8 Å². The number of hydrogen-bond acceptors (Lipinski definition) is 9. The molecule has 0 amide bonds. The molecule has 9 unspecified atom stereocenters. The maximum atomic E-state index is 13.0. The van der Waals surface area contributed by atoms with E-state index in [1.807, 2.05) is 0 Å². The number of Topliss-reactive ketones (excluding diaryl/α,β-unsaturated/α-hetero) is 1. The smallest absolute Gasteiger partial charge is 0.331 e. The molecule has 38 heavy (non-hydrogen) atoms. The summed E-state index contributed by atoms with van der Waals surface area (Å²) in [5, 5.41) is 10.0. The van der Waals surface area contributed by atoms with E-state index in [0.29, 0.717) is 19.4 Å². The molecule has 0 radical (unpaired) electrons. The Labute approximate surface area is 223 Å². The van der Waals surface area contributed by atoms with Gasteiger partial charge in [0.15, 0.2) is 5.78 Å². The fourth-order valence-corrected chi connectivity index (χ4v) is 6.93. The third-order valence-electron chi connectivity index (χ3n) is 9.53. The maximum Gasteiger partial charge on any atom is 0.331 e. The quantitative estimate of drug-likeness (QED) is 0.310. The molecule has 1 saturated carbocycles. The second-order valence-corrected chi connectivity index (χ2v) is 11.7. The lowest BCUT2D eigenvalue weighted by Gasteiger charge is -2.58. The number of hydrogen-bond donors (Lipinski definition) is 1. The summed E-state index contributed by atoms with van der Waals surface area (Å²) < 4.78 is 30.3. The number of aliphatic hydroxyl groups is 1. The van der Waals surface area contributed by atoms with Crippen LogP contribution in [0.1, 0.15) is 53.4 Å². The maximum absolute atomic E-state index is 13.0. The zero-order valence-electron chi connectivity index (χ0n) is 22.5. The predicted molar refractivity (Wildman–Crippen MR) is 135 cm³/mol. The van der Waals surface area contributed by atoms with Crippen molar-refractivity contribution >= 4 is 17.7 Å². The van der Waals surface area contributed by atoms with Gasteiger partial charge in [-0.15, -0.1) is 0 Å². The Morgan fingerprint density at radius 1 is 1.13 bits per heavy atom. The first-order valence-electron chi connectivity index (χ1n) is 13.5. The van der Waals surface area contributed by atoms with E-state index >= 15 is 0 Å². The Morgan fingerprint density at radius 2 is 1.89 bits per heavy atom. The molecule has 5 rings (SSSR count). The van der Waals surface area contributed by atoms with E-state index in [0.717, 1.165) is 6.42 Å². The van der Waals surface area contributed by atoms with Crippen LogP contribution in [-0.4, -0.2) is 78.8 Å². The summed E-state index contributed by atoms with van der Waals surface area (Å²) in [4.78, 5) is 38.6. The molecule has 9 nitrogen and oxygen atoms in total. The van der Waals surface area contributed by atoms with E-state index in [9.17, 15) is 19.5 Å². The normalized spacial score (nSPS) is 44.4. The second-order valence-electron chi connectivity index (χ2n) is 11.7. The summed E-state index contributed by atoms with van der Waals surface area (Å²) in [6.07, 6.45) is 7.35. The van der Waals surface area contributed by atoms with Crippen LogP contribution in [0.2, 0.25) is 0 Å². The van der Waals surface area contributed by atoms with Crippen molar-refractivity contribution in [2.75, 3.05) is 19.8 Å². The van der Waals surface area contributed by atoms with Gasteiger partial charge in [-0.05, 0) is 26.7 Å². The lowest BCUT2D eigenvalue weighted by molar-refractivity contribution is -0.233. The average Bonchev–Trinajstić information content (AvgIpc) is 3.64. The van der Waals surface area contributed by atoms with E-state index < -0.39 is 52.6 Å². The highest BCUT2D eigenvalue weighted by Crippen LogP contribution is 2.72. The van der Waals surface area contributed by atoms with E-state index in [2.05, 4.69) is 19.9 Å². The number of ether oxygens (including phenoxy) is 5. The highest BCUT2D eigenvalue weighted by atomic mass is 16.6. The number of carbonyl (C=O) groups is 3. The molecule has 3 aliphatic heterocycles. The van der Waals surface area contributed by atoms with Crippen LogP contribution < -0.4 is 0 Å². The number of aliphatic hydroxyl groups excluding tert-OH is 1.